The fraction of sp³-hybridized carbons (Fsp3) is 0.105. The van der Waals surface area contributed by atoms with Gasteiger partial charge in [-0.05, 0) is 37.4 Å². The van der Waals surface area contributed by atoms with Gasteiger partial charge in [-0.25, -0.2) is 4.68 Å². The van der Waals surface area contributed by atoms with Crippen molar-refractivity contribution in [3.63, 3.8) is 0 Å². The van der Waals surface area contributed by atoms with Crippen LogP contribution in [0.15, 0.2) is 64.3 Å². The van der Waals surface area contributed by atoms with Gasteiger partial charge < -0.3 is 5.32 Å². The molecule has 3 rings (SSSR count). The minimum Gasteiger partial charge on any atom is -0.320 e. The monoisotopic (exact) mass is 396 g/mol. The number of carbonyl (C=O) groups is 1. The maximum atomic E-state index is 12.6. The van der Waals surface area contributed by atoms with E-state index in [9.17, 15) is 19.7 Å². The Hall–Kier alpha value is -3.46. The van der Waals surface area contributed by atoms with E-state index in [1.54, 1.807) is 31.2 Å². The van der Waals surface area contributed by atoms with Crippen molar-refractivity contribution < 1.29 is 9.72 Å². The summed E-state index contributed by atoms with van der Waals surface area (Å²) in [5.74, 6) is -0.685. The third-order valence-corrected chi connectivity index (χ3v) is 4.68. The molecule has 0 saturated carbocycles. The van der Waals surface area contributed by atoms with Gasteiger partial charge in [0.15, 0.2) is 5.69 Å². The van der Waals surface area contributed by atoms with E-state index in [0.717, 1.165) is 4.90 Å². The molecule has 0 atom stereocenters. The highest BCUT2D eigenvalue weighted by Crippen LogP contribution is 2.22. The average molecular weight is 396 g/mol. The zero-order chi connectivity index (χ0) is 20.3. The number of nitrogens with one attached hydrogen (secondary N) is 1. The van der Waals surface area contributed by atoms with E-state index in [1.807, 2.05) is 12.3 Å². The smallest absolute Gasteiger partial charge is 0.294 e. The fourth-order valence-electron chi connectivity index (χ4n) is 2.64. The molecule has 0 saturated heterocycles. The van der Waals surface area contributed by atoms with Crippen LogP contribution in [-0.4, -0.2) is 26.9 Å². The molecule has 8 nitrogen and oxygen atoms in total. The number of hydrogen-bond donors (Lipinski definition) is 1. The summed E-state index contributed by atoms with van der Waals surface area (Å²) in [7, 11) is 0. The Balaban J connectivity index is 2.04. The molecule has 0 unspecified atom stereocenters. The first-order valence-corrected chi connectivity index (χ1v) is 9.43. The minimum atomic E-state index is -0.685. The van der Waals surface area contributed by atoms with Gasteiger partial charge in [-0.1, -0.05) is 18.2 Å². The van der Waals surface area contributed by atoms with Gasteiger partial charge in [0.1, 0.15) is 5.69 Å². The lowest BCUT2D eigenvalue weighted by Gasteiger charge is -2.12. The van der Waals surface area contributed by atoms with Gasteiger partial charge >= 0.3 is 0 Å². The summed E-state index contributed by atoms with van der Waals surface area (Å²) in [5.41, 5.74) is -0.0236. The number of nitro groups is 1. The van der Waals surface area contributed by atoms with Gasteiger partial charge in [0.2, 0.25) is 5.43 Å². The number of rotatable bonds is 5. The van der Waals surface area contributed by atoms with Gasteiger partial charge in [-0.3, -0.25) is 19.7 Å². The van der Waals surface area contributed by atoms with Crippen molar-refractivity contribution in [1.29, 1.82) is 0 Å². The lowest BCUT2D eigenvalue weighted by Crippen LogP contribution is -2.27. The Morgan fingerprint density at radius 1 is 1.18 bits per heavy atom. The summed E-state index contributed by atoms with van der Waals surface area (Å²) in [5, 5.41) is 18.1. The van der Waals surface area contributed by atoms with Crippen molar-refractivity contribution in [2.24, 2.45) is 0 Å². The van der Waals surface area contributed by atoms with Crippen molar-refractivity contribution in [1.82, 2.24) is 9.78 Å². The molecule has 0 aliphatic rings. The molecule has 1 aromatic heterocycles. The van der Waals surface area contributed by atoms with Crippen LogP contribution in [0, 0.1) is 17.0 Å². The number of anilines is 1. The highest BCUT2D eigenvalue weighted by molar-refractivity contribution is 7.98. The van der Waals surface area contributed by atoms with E-state index in [1.165, 1.54) is 40.7 Å². The lowest BCUT2D eigenvalue weighted by molar-refractivity contribution is -0.384. The van der Waals surface area contributed by atoms with E-state index in [4.69, 9.17) is 0 Å². The number of aromatic nitrogens is 2. The molecule has 0 aliphatic heterocycles. The molecule has 0 bridgehead atoms. The first kappa shape index (κ1) is 19.3. The second-order valence-electron chi connectivity index (χ2n) is 5.84. The zero-order valence-corrected chi connectivity index (χ0v) is 15.9. The van der Waals surface area contributed by atoms with E-state index >= 15 is 0 Å². The highest BCUT2D eigenvalue weighted by Gasteiger charge is 2.20. The molecule has 142 valence electrons. The SMILES string of the molecule is CSc1cccc(NC(=O)c2nn(-c3ccccc3[N+](=O)[O-])c(C)cc2=O)c1. The van der Waals surface area contributed by atoms with Crippen molar-refractivity contribution in [2.45, 2.75) is 11.8 Å². The van der Waals surface area contributed by atoms with Crippen LogP contribution in [0.2, 0.25) is 0 Å². The maximum absolute atomic E-state index is 12.6. The maximum Gasteiger partial charge on any atom is 0.294 e. The van der Waals surface area contributed by atoms with Gasteiger partial charge in [0, 0.05) is 28.4 Å². The largest absolute Gasteiger partial charge is 0.320 e. The number of carbonyl (C=O) groups excluding carboxylic acids is 1. The fourth-order valence-corrected chi connectivity index (χ4v) is 3.10. The second kappa shape index (κ2) is 8.05. The van der Waals surface area contributed by atoms with Crippen LogP contribution in [-0.2, 0) is 0 Å². The van der Waals surface area contributed by atoms with Crippen LogP contribution in [0.3, 0.4) is 0 Å². The molecule has 0 radical (unpaired) electrons. The van der Waals surface area contributed by atoms with Gasteiger partial charge in [-0.15, -0.1) is 11.8 Å². The van der Waals surface area contributed by atoms with E-state index < -0.39 is 16.3 Å². The highest BCUT2D eigenvalue weighted by atomic mass is 32.2. The Kier molecular flexibility index (Phi) is 5.55. The molecular weight excluding hydrogens is 380 g/mol. The Morgan fingerprint density at radius 3 is 2.64 bits per heavy atom. The Morgan fingerprint density at radius 2 is 1.93 bits per heavy atom. The van der Waals surface area contributed by atoms with Gasteiger partial charge in [-0.2, -0.15) is 5.10 Å². The Labute approximate surface area is 164 Å². The number of thioether (sulfide) groups is 1. The van der Waals surface area contributed by atoms with E-state index in [2.05, 4.69) is 10.4 Å². The van der Waals surface area contributed by atoms with E-state index in [-0.39, 0.29) is 17.1 Å². The van der Waals surface area contributed by atoms with Crippen molar-refractivity contribution >= 4 is 29.0 Å². The summed E-state index contributed by atoms with van der Waals surface area (Å²) >= 11 is 1.52. The third-order valence-electron chi connectivity index (χ3n) is 3.96. The summed E-state index contributed by atoms with van der Waals surface area (Å²) < 4.78 is 1.23. The molecule has 9 heteroatoms. The van der Waals surface area contributed by atoms with Crippen LogP contribution < -0.4 is 10.7 Å². The molecule has 28 heavy (non-hydrogen) atoms. The predicted molar refractivity (Wildman–Crippen MR) is 107 cm³/mol. The first-order valence-electron chi connectivity index (χ1n) is 8.21. The Bertz CT molecular complexity index is 1130. The summed E-state index contributed by atoms with van der Waals surface area (Å²) in [6, 6.07) is 14.4. The molecule has 3 aromatic rings. The van der Waals surface area contributed by atoms with Gasteiger partial charge in [0.05, 0.1) is 4.92 Å². The predicted octanol–water partition coefficient (Wildman–Crippen LogP) is 3.42. The minimum absolute atomic E-state index is 0.170. The summed E-state index contributed by atoms with van der Waals surface area (Å²) in [6.45, 7) is 1.59. The van der Waals surface area contributed by atoms with Crippen LogP contribution in [0.1, 0.15) is 16.2 Å². The van der Waals surface area contributed by atoms with Crippen LogP contribution in [0.25, 0.3) is 5.69 Å². The quantitative estimate of drug-likeness (QED) is 0.402. The summed E-state index contributed by atoms with van der Waals surface area (Å²) in [4.78, 5) is 36.7. The van der Waals surface area contributed by atoms with Crippen molar-refractivity contribution in [2.75, 3.05) is 11.6 Å². The number of amides is 1. The molecule has 1 heterocycles. The van der Waals surface area contributed by atoms with E-state index in [0.29, 0.717) is 11.4 Å². The number of nitro benzene ring substituents is 1. The number of aryl methyl sites for hydroxylation is 1. The topological polar surface area (TPSA) is 107 Å². The molecule has 1 amide bonds. The summed E-state index contributed by atoms with van der Waals surface area (Å²) in [6.07, 6.45) is 1.91. The molecule has 0 aliphatic carbocycles. The van der Waals surface area contributed by atoms with Crippen molar-refractivity contribution in [3.05, 3.63) is 86.3 Å². The standard InChI is InChI=1S/C19H16N4O4S/c1-12-10-17(24)18(19(25)20-13-6-5-7-14(11-13)28-2)21-22(12)15-8-3-4-9-16(15)23(26)27/h3-11H,1-2H3,(H,20,25). The van der Waals surface area contributed by atoms with Crippen LogP contribution in [0.4, 0.5) is 11.4 Å². The molecule has 0 fully saturated rings. The third kappa shape index (κ3) is 3.94. The average Bonchev–Trinajstić information content (AvgIpc) is 2.68. The van der Waals surface area contributed by atoms with Crippen molar-refractivity contribution in [3.8, 4) is 5.69 Å². The molecule has 0 spiro atoms. The van der Waals surface area contributed by atoms with Gasteiger partial charge in [0.25, 0.3) is 11.6 Å². The number of nitrogens with zero attached hydrogens (tertiary/aromatic N) is 3. The van der Waals surface area contributed by atoms with Crippen LogP contribution in [0.5, 0.6) is 0 Å². The molecule has 1 N–H and O–H groups in total. The normalized spacial score (nSPS) is 10.5. The molecule has 2 aromatic carbocycles. The molecular formula is C19H16N4O4S. The number of hydrogen-bond acceptors (Lipinski definition) is 6. The second-order valence-corrected chi connectivity index (χ2v) is 6.72. The number of benzene rings is 2. The number of para-hydroxylation sites is 2. The zero-order valence-electron chi connectivity index (χ0n) is 15.1. The van der Waals surface area contributed by atoms with Crippen LogP contribution >= 0.6 is 11.8 Å². The first-order chi connectivity index (χ1) is 13.4. The lowest BCUT2D eigenvalue weighted by atomic mass is 10.2.